The summed E-state index contributed by atoms with van der Waals surface area (Å²) in [6.45, 7) is 4.36. The van der Waals surface area contributed by atoms with Gasteiger partial charge in [0, 0.05) is 0 Å². The fourth-order valence-electron chi connectivity index (χ4n) is 3.23. The Bertz CT molecular complexity index is 413. The van der Waals surface area contributed by atoms with Crippen molar-refractivity contribution >= 4 is 5.97 Å². The lowest BCUT2D eigenvalue weighted by molar-refractivity contribution is -0.137. The molecule has 0 heterocycles. The molecule has 1 atom stereocenters. The average molecular weight is 260 g/mol. The first kappa shape index (κ1) is 14.1. The van der Waals surface area contributed by atoms with E-state index in [0.29, 0.717) is 11.8 Å². The van der Waals surface area contributed by atoms with Crippen LogP contribution in [0.1, 0.15) is 68.9 Å². The van der Waals surface area contributed by atoms with Gasteiger partial charge in [-0.15, -0.1) is 0 Å². The molecule has 0 aromatic heterocycles. The molecule has 0 radical (unpaired) electrons. The molecule has 2 nitrogen and oxygen atoms in total. The first-order valence-electron chi connectivity index (χ1n) is 7.39. The Labute approximate surface area is 115 Å². The maximum atomic E-state index is 11.1. The van der Waals surface area contributed by atoms with Crippen LogP contribution in [0.3, 0.4) is 0 Å². The Hall–Kier alpha value is -1.31. The van der Waals surface area contributed by atoms with Crippen molar-refractivity contribution in [1.82, 2.24) is 0 Å². The molecule has 0 saturated heterocycles. The Morgan fingerprint density at radius 3 is 2.16 bits per heavy atom. The normalized spacial score (nSPS) is 17.8. The van der Waals surface area contributed by atoms with E-state index in [1.807, 2.05) is 0 Å². The van der Waals surface area contributed by atoms with Crippen LogP contribution in [-0.4, -0.2) is 11.1 Å². The van der Waals surface area contributed by atoms with E-state index in [1.165, 1.54) is 36.8 Å². The van der Waals surface area contributed by atoms with Gasteiger partial charge in [-0.2, -0.15) is 0 Å². The van der Waals surface area contributed by atoms with Gasteiger partial charge in [0.25, 0.3) is 0 Å². The number of carboxylic acids is 1. The molecule has 1 fully saturated rings. The molecule has 19 heavy (non-hydrogen) atoms. The zero-order chi connectivity index (χ0) is 13.8. The molecule has 104 valence electrons. The quantitative estimate of drug-likeness (QED) is 0.842. The van der Waals surface area contributed by atoms with Crippen molar-refractivity contribution in [2.24, 2.45) is 5.92 Å². The van der Waals surface area contributed by atoms with E-state index in [1.54, 1.807) is 0 Å². The zero-order valence-electron chi connectivity index (χ0n) is 11.9. The van der Waals surface area contributed by atoms with Crippen LogP contribution in [0.4, 0.5) is 0 Å². The summed E-state index contributed by atoms with van der Waals surface area (Å²) in [7, 11) is 0. The van der Waals surface area contributed by atoms with Crippen LogP contribution in [0.15, 0.2) is 24.3 Å². The third-order valence-corrected chi connectivity index (χ3v) is 4.39. The van der Waals surface area contributed by atoms with Crippen molar-refractivity contribution in [2.45, 2.75) is 57.8 Å². The zero-order valence-corrected chi connectivity index (χ0v) is 11.9. The topological polar surface area (TPSA) is 37.3 Å². The minimum absolute atomic E-state index is 0.196. The second-order valence-corrected chi connectivity index (χ2v) is 6.07. The van der Waals surface area contributed by atoms with Gasteiger partial charge >= 0.3 is 5.97 Å². The predicted octanol–water partition coefficient (Wildman–Crippen LogP) is 4.56. The second kappa shape index (κ2) is 6.23. The largest absolute Gasteiger partial charge is 0.481 e. The fraction of sp³-hybridized carbons (Fsp3) is 0.588. The highest BCUT2D eigenvalue weighted by molar-refractivity contribution is 5.68. The van der Waals surface area contributed by atoms with Crippen molar-refractivity contribution in [2.75, 3.05) is 0 Å². The SMILES string of the molecule is CC(C)c1ccc(C(CC(=O)O)C2CCCC2)cc1. The molecule has 1 aromatic rings. The minimum Gasteiger partial charge on any atom is -0.481 e. The molecule has 1 aromatic carbocycles. The lowest BCUT2D eigenvalue weighted by atomic mass is 9.82. The monoisotopic (exact) mass is 260 g/mol. The lowest BCUT2D eigenvalue weighted by Crippen LogP contribution is -2.14. The average Bonchev–Trinajstić information content (AvgIpc) is 2.89. The van der Waals surface area contributed by atoms with Gasteiger partial charge in [0.15, 0.2) is 0 Å². The van der Waals surface area contributed by atoms with Crippen molar-refractivity contribution in [3.63, 3.8) is 0 Å². The first-order chi connectivity index (χ1) is 9.08. The molecule has 2 rings (SSSR count). The van der Waals surface area contributed by atoms with Crippen molar-refractivity contribution in [3.05, 3.63) is 35.4 Å². The summed E-state index contributed by atoms with van der Waals surface area (Å²) in [4.78, 5) is 11.1. The van der Waals surface area contributed by atoms with E-state index in [0.717, 1.165) is 0 Å². The summed E-state index contributed by atoms with van der Waals surface area (Å²) in [5.41, 5.74) is 2.53. The molecule has 0 spiro atoms. The highest BCUT2D eigenvalue weighted by Crippen LogP contribution is 2.39. The summed E-state index contributed by atoms with van der Waals surface area (Å²) in [5, 5.41) is 9.15. The van der Waals surface area contributed by atoms with Crippen LogP contribution in [0.2, 0.25) is 0 Å². The van der Waals surface area contributed by atoms with Crippen LogP contribution in [0.25, 0.3) is 0 Å². The molecule has 0 aliphatic heterocycles. The summed E-state index contributed by atoms with van der Waals surface area (Å²) in [6.07, 6.45) is 5.15. The van der Waals surface area contributed by atoms with Gasteiger partial charge in [-0.1, -0.05) is 51.0 Å². The van der Waals surface area contributed by atoms with Gasteiger partial charge in [-0.05, 0) is 41.7 Å². The molecular formula is C17H24O2. The first-order valence-corrected chi connectivity index (χ1v) is 7.39. The third-order valence-electron chi connectivity index (χ3n) is 4.39. The van der Waals surface area contributed by atoms with Crippen molar-refractivity contribution < 1.29 is 9.90 Å². The number of aliphatic carboxylic acids is 1. The summed E-state index contributed by atoms with van der Waals surface area (Å²) in [5.74, 6) is 0.602. The van der Waals surface area contributed by atoms with Crippen LogP contribution in [0.5, 0.6) is 0 Å². The number of rotatable bonds is 5. The second-order valence-electron chi connectivity index (χ2n) is 6.07. The van der Waals surface area contributed by atoms with Gasteiger partial charge < -0.3 is 5.11 Å². The van der Waals surface area contributed by atoms with Crippen molar-refractivity contribution in [1.29, 1.82) is 0 Å². The number of carbonyl (C=O) groups is 1. The maximum absolute atomic E-state index is 11.1. The standard InChI is InChI=1S/C17H24O2/c1-12(2)13-7-9-15(10-8-13)16(11-17(18)19)14-5-3-4-6-14/h7-10,12,14,16H,3-6,11H2,1-2H3,(H,18,19). The van der Waals surface area contributed by atoms with Crippen LogP contribution >= 0.6 is 0 Å². The molecule has 0 amide bonds. The van der Waals surface area contributed by atoms with Crippen LogP contribution in [-0.2, 0) is 4.79 Å². The van der Waals surface area contributed by atoms with E-state index in [4.69, 9.17) is 5.11 Å². The van der Waals surface area contributed by atoms with Gasteiger partial charge in [0.2, 0.25) is 0 Å². The number of hydrogen-bond donors (Lipinski definition) is 1. The Kier molecular flexibility index (Phi) is 4.62. The highest BCUT2D eigenvalue weighted by atomic mass is 16.4. The highest BCUT2D eigenvalue weighted by Gasteiger charge is 2.28. The van der Waals surface area contributed by atoms with Crippen LogP contribution < -0.4 is 0 Å². The van der Waals surface area contributed by atoms with E-state index in [2.05, 4.69) is 38.1 Å². The molecule has 1 saturated carbocycles. The number of hydrogen-bond acceptors (Lipinski definition) is 1. The Balaban J connectivity index is 2.19. The van der Waals surface area contributed by atoms with Crippen molar-refractivity contribution in [3.8, 4) is 0 Å². The number of carboxylic acid groups (broad SMARTS) is 1. The molecule has 2 heteroatoms. The van der Waals surface area contributed by atoms with Gasteiger partial charge in [-0.25, -0.2) is 0 Å². The van der Waals surface area contributed by atoms with Crippen LogP contribution in [0, 0.1) is 5.92 Å². The summed E-state index contributed by atoms with van der Waals surface area (Å²) >= 11 is 0. The van der Waals surface area contributed by atoms with Gasteiger partial charge in [-0.3, -0.25) is 4.79 Å². The van der Waals surface area contributed by atoms with E-state index < -0.39 is 5.97 Å². The Morgan fingerprint density at radius 2 is 1.68 bits per heavy atom. The summed E-state index contributed by atoms with van der Waals surface area (Å²) < 4.78 is 0. The molecule has 1 unspecified atom stereocenters. The van der Waals surface area contributed by atoms with Gasteiger partial charge in [0.1, 0.15) is 0 Å². The lowest BCUT2D eigenvalue weighted by Gasteiger charge is -2.22. The molecule has 1 N–H and O–H groups in total. The fourth-order valence-corrected chi connectivity index (χ4v) is 3.23. The maximum Gasteiger partial charge on any atom is 0.303 e. The van der Waals surface area contributed by atoms with E-state index in [-0.39, 0.29) is 12.3 Å². The predicted molar refractivity (Wildman–Crippen MR) is 77.5 cm³/mol. The third kappa shape index (κ3) is 3.59. The molecule has 1 aliphatic carbocycles. The smallest absolute Gasteiger partial charge is 0.303 e. The minimum atomic E-state index is -0.676. The van der Waals surface area contributed by atoms with Gasteiger partial charge in [0.05, 0.1) is 6.42 Å². The molecule has 0 bridgehead atoms. The molecular weight excluding hydrogens is 236 g/mol. The summed E-state index contributed by atoms with van der Waals surface area (Å²) in [6, 6.07) is 8.59. The van der Waals surface area contributed by atoms with E-state index in [9.17, 15) is 4.79 Å². The Morgan fingerprint density at radius 1 is 1.16 bits per heavy atom. The molecule has 1 aliphatic rings. The van der Waals surface area contributed by atoms with E-state index >= 15 is 0 Å². The number of benzene rings is 1.